The van der Waals surface area contributed by atoms with E-state index in [0.29, 0.717) is 5.02 Å². The van der Waals surface area contributed by atoms with Crippen molar-refractivity contribution in [3.05, 3.63) is 64.2 Å². The van der Waals surface area contributed by atoms with E-state index in [1.54, 1.807) is 25.1 Å². The molecule has 0 spiro atoms. The highest BCUT2D eigenvalue weighted by Gasteiger charge is 2.17. The lowest BCUT2D eigenvalue weighted by Gasteiger charge is -2.00. The highest BCUT2D eigenvalue weighted by molar-refractivity contribution is 6.30. The van der Waals surface area contributed by atoms with Gasteiger partial charge < -0.3 is 9.84 Å². The molecule has 1 aromatic carbocycles. The third-order valence-corrected chi connectivity index (χ3v) is 2.86. The van der Waals surface area contributed by atoms with Crippen LogP contribution in [0.4, 0.5) is 0 Å². The molecular formula is C17H17ClO4. The van der Waals surface area contributed by atoms with E-state index in [9.17, 15) is 9.59 Å². The van der Waals surface area contributed by atoms with E-state index in [1.807, 2.05) is 25.1 Å². The number of carbonyl (C=O) groups is 2. The number of ether oxygens (including phenoxy) is 1. The van der Waals surface area contributed by atoms with Gasteiger partial charge in [0.15, 0.2) is 0 Å². The van der Waals surface area contributed by atoms with E-state index in [0.717, 1.165) is 11.1 Å². The number of hydrogen-bond acceptors (Lipinski definition) is 3. The zero-order valence-corrected chi connectivity index (χ0v) is 13.1. The van der Waals surface area contributed by atoms with Crippen LogP contribution in [0.3, 0.4) is 0 Å². The highest BCUT2D eigenvalue weighted by Crippen LogP contribution is 2.13. The van der Waals surface area contributed by atoms with Gasteiger partial charge >= 0.3 is 11.9 Å². The van der Waals surface area contributed by atoms with Crippen LogP contribution in [0, 0.1) is 0 Å². The van der Waals surface area contributed by atoms with Crippen LogP contribution < -0.4 is 0 Å². The maximum Gasteiger partial charge on any atom is 0.345 e. The molecular weight excluding hydrogens is 304 g/mol. The van der Waals surface area contributed by atoms with Gasteiger partial charge in [0.05, 0.1) is 6.61 Å². The van der Waals surface area contributed by atoms with Crippen LogP contribution in [0.25, 0.3) is 6.08 Å². The number of esters is 1. The fourth-order valence-corrected chi connectivity index (χ4v) is 1.73. The maximum atomic E-state index is 11.5. The molecule has 0 saturated carbocycles. The van der Waals surface area contributed by atoms with Gasteiger partial charge in [-0.1, -0.05) is 47.5 Å². The number of hydrogen-bond donors (Lipinski definition) is 1. The topological polar surface area (TPSA) is 63.6 Å². The summed E-state index contributed by atoms with van der Waals surface area (Å²) in [5, 5.41) is 9.63. The Hall–Kier alpha value is -2.33. The number of carboxylic acid groups (broad SMARTS) is 1. The van der Waals surface area contributed by atoms with E-state index in [-0.39, 0.29) is 6.61 Å². The van der Waals surface area contributed by atoms with Gasteiger partial charge in [-0.2, -0.15) is 0 Å². The van der Waals surface area contributed by atoms with Crippen molar-refractivity contribution in [2.45, 2.75) is 13.8 Å². The van der Waals surface area contributed by atoms with Crippen LogP contribution in [0.1, 0.15) is 19.4 Å². The first kappa shape index (κ1) is 17.7. The fraction of sp³-hybridized carbons (Fsp3) is 0.176. The summed E-state index contributed by atoms with van der Waals surface area (Å²) in [4.78, 5) is 22.4. The lowest BCUT2D eigenvalue weighted by atomic mass is 10.1. The average molecular weight is 321 g/mol. The second-order valence-corrected chi connectivity index (χ2v) is 4.84. The Morgan fingerprint density at radius 1 is 1.27 bits per heavy atom. The summed E-state index contributed by atoms with van der Waals surface area (Å²) < 4.78 is 4.68. The lowest BCUT2D eigenvalue weighted by Crippen LogP contribution is -2.15. The van der Waals surface area contributed by atoms with Gasteiger partial charge in [0.2, 0.25) is 0 Å². The summed E-state index contributed by atoms with van der Waals surface area (Å²) >= 11 is 5.81. The summed E-state index contributed by atoms with van der Waals surface area (Å²) in [6.45, 7) is 3.61. The van der Waals surface area contributed by atoms with Gasteiger partial charge in [-0.15, -0.1) is 0 Å². The molecule has 0 atom stereocenters. The van der Waals surface area contributed by atoms with Gasteiger partial charge in [-0.3, -0.25) is 0 Å². The Morgan fingerprint density at radius 3 is 2.45 bits per heavy atom. The molecule has 5 heteroatoms. The molecule has 0 radical (unpaired) electrons. The van der Waals surface area contributed by atoms with Crippen molar-refractivity contribution < 1.29 is 19.4 Å². The molecule has 0 aliphatic carbocycles. The van der Waals surface area contributed by atoms with Crippen molar-refractivity contribution in [2.24, 2.45) is 0 Å². The molecule has 4 nitrogen and oxygen atoms in total. The van der Waals surface area contributed by atoms with Crippen molar-refractivity contribution >= 4 is 29.6 Å². The number of allylic oxidation sites excluding steroid dienone is 4. The summed E-state index contributed by atoms with van der Waals surface area (Å²) in [6, 6.07) is 7.31. The Bertz CT molecular complexity index is 625. The molecule has 0 aliphatic rings. The van der Waals surface area contributed by atoms with E-state index in [2.05, 4.69) is 4.74 Å². The minimum Gasteiger partial charge on any atom is -0.477 e. The number of halogens is 1. The van der Waals surface area contributed by atoms with Crippen molar-refractivity contribution in [3.63, 3.8) is 0 Å². The molecule has 116 valence electrons. The van der Waals surface area contributed by atoms with Crippen molar-refractivity contribution in [3.8, 4) is 0 Å². The maximum absolute atomic E-state index is 11.5. The predicted molar refractivity (Wildman–Crippen MR) is 86.6 cm³/mol. The minimum atomic E-state index is -1.32. The Kier molecular flexibility index (Phi) is 7.13. The number of rotatable bonds is 6. The lowest BCUT2D eigenvalue weighted by molar-refractivity contribution is -0.143. The second-order valence-electron chi connectivity index (χ2n) is 4.40. The quantitative estimate of drug-likeness (QED) is 0.284. The van der Waals surface area contributed by atoms with Crippen molar-refractivity contribution in [1.82, 2.24) is 0 Å². The van der Waals surface area contributed by atoms with E-state index in [1.165, 1.54) is 12.2 Å². The molecule has 0 fully saturated rings. The molecule has 0 aliphatic heterocycles. The Morgan fingerprint density at radius 2 is 1.91 bits per heavy atom. The molecule has 0 unspecified atom stereocenters. The van der Waals surface area contributed by atoms with Gasteiger partial charge in [0.25, 0.3) is 0 Å². The van der Waals surface area contributed by atoms with Crippen molar-refractivity contribution in [2.75, 3.05) is 6.61 Å². The third kappa shape index (κ3) is 5.97. The van der Waals surface area contributed by atoms with Crippen LogP contribution in [-0.4, -0.2) is 23.7 Å². The smallest absolute Gasteiger partial charge is 0.345 e. The molecule has 0 bridgehead atoms. The number of carboxylic acids is 1. The average Bonchev–Trinajstić information content (AvgIpc) is 2.46. The fourth-order valence-electron chi connectivity index (χ4n) is 1.60. The van der Waals surface area contributed by atoms with Gasteiger partial charge in [0.1, 0.15) is 5.57 Å². The summed E-state index contributed by atoms with van der Waals surface area (Å²) in [6.07, 6.45) is 6.34. The standard InChI is InChI=1S/C17H17ClO4/c1-3-22-17(21)15(16(19)20)6-4-5-12(2)11-13-7-9-14(18)10-8-13/h4-11H,3H2,1-2H3,(H,19,20)/b5-4+,12-11+,15-6-. The van der Waals surface area contributed by atoms with Crippen LogP contribution >= 0.6 is 11.6 Å². The summed E-state index contributed by atoms with van der Waals surface area (Å²) in [7, 11) is 0. The molecule has 1 N–H and O–H groups in total. The zero-order valence-electron chi connectivity index (χ0n) is 12.4. The second kappa shape index (κ2) is 8.85. The molecule has 0 aromatic heterocycles. The van der Waals surface area contributed by atoms with E-state index < -0.39 is 17.5 Å². The monoisotopic (exact) mass is 320 g/mol. The minimum absolute atomic E-state index is 0.128. The van der Waals surface area contributed by atoms with Gasteiger partial charge in [-0.05, 0) is 37.6 Å². The van der Waals surface area contributed by atoms with Crippen LogP contribution in [-0.2, 0) is 14.3 Å². The normalized spacial score (nSPS) is 12.5. The highest BCUT2D eigenvalue weighted by atomic mass is 35.5. The number of benzene rings is 1. The zero-order chi connectivity index (χ0) is 16.5. The molecule has 0 amide bonds. The van der Waals surface area contributed by atoms with Crippen LogP contribution in [0.2, 0.25) is 5.02 Å². The van der Waals surface area contributed by atoms with Gasteiger partial charge in [-0.25, -0.2) is 9.59 Å². The molecule has 1 aromatic rings. The first-order chi connectivity index (χ1) is 10.4. The molecule has 1 rings (SSSR count). The largest absolute Gasteiger partial charge is 0.477 e. The molecule has 0 saturated heterocycles. The molecule has 22 heavy (non-hydrogen) atoms. The summed E-state index contributed by atoms with van der Waals surface area (Å²) in [5.74, 6) is -2.17. The van der Waals surface area contributed by atoms with E-state index >= 15 is 0 Å². The predicted octanol–water partition coefficient (Wildman–Crippen LogP) is 3.87. The van der Waals surface area contributed by atoms with Crippen LogP contribution in [0.15, 0.2) is 53.6 Å². The number of carbonyl (C=O) groups excluding carboxylic acids is 1. The molecule has 0 heterocycles. The summed E-state index contributed by atoms with van der Waals surface area (Å²) in [5.41, 5.74) is 1.46. The first-order valence-corrected chi connectivity index (χ1v) is 7.04. The van der Waals surface area contributed by atoms with Crippen LogP contribution in [0.5, 0.6) is 0 Å². The SMILES string of the molecule is CCOC(=O)\C(=C/C=C/C(C)=C/c1ccc(Cl)cc1)C(=O)O. The Labute approximate surface area is 134 Å². The van der Waals surface area contributed by atoms with Crippen molar-refractivity contribution in [1.29, 1.82) is 0 Å². The third-order valence-electron chi connectivity index (χ3n) is 2.61. The number of aliphatic carboxylic acids is 1. The Balaban J connectivity index is 2.84. The van der Waals surface area contributed by atoms with Gasteiger partial charge in [0, 0.05) is 5.02 Å². The first-order valence-electron chi connectivity index (χ1n) is 6.66. The van der Waals surface area contributed by atoms with E-state index in [4.69, 9.17) is 16.7 Å².